The highest BCUT2D eigenvalue weighted by molar-refractivity contribution is 7.89. The molecule has 0 spiro atoms. The Balaban J connectivity index is 2.64. The Morgan fingerprint density at radius 2 is 2.05 bits per heavy atom. The Morgan fingerprint density at radius 3 is 2.65 bits per heavy atom. The summed E-state index contributed by atoms with van der Waals surface area (Å²) >= 11 is 0. The van der Waals surface area contributed by atoms with Crippen molar-refractivity contribution >= 4 is 10.0 Å². The molecule has 5 nitrogen and oxygen atoms in total. The van der Waals surface area contributed by atoms with Crippen LogP contribution in [-0.4, -0.2) is 21.5 Å². The number of hydrogen-bond acceptors (Lipinski definition) is 4. The Hall–Kier alpha value is -0.850. The molecular formula is C14H26N2O3S. The van der Waals surface area contributed by atoms with Crippen LogP contribution in [0, 0.1) is 12.8 Å². The summed E-state index contributed by atoms with van der Waals surface area (Å²) in [6.45, 7) is 9.74. The minimum absolute atomic E-state index is 0.245. The van der Waals surface area contributed by atoms with Crippen molar-refractivity contribution in [2.45, 2.75) is 52.0 Å². The average Bonchev–Trinajstić information content (AvgIpc) is 2.74. The molecule has 0 atom stereocenters. The fourth-order valence-electron chi connectivity index (χ4n) is 1.92. The van der Waals surface area contributed by atoms with Gasteiger partial charge in [-0.2, -0.15) is 0 Å². The first kappa shape index (κ1) is 17.2. The average molecular weight is 302 g/mol. The molecule has 0 aliphatic carbocycles. The van der Waals surface area contributed by atoms with E-state index in [9.17, 15) is 8.42 Å². The highest BCUT2D eigenvalue weighted by Gasteiger charge is 2.20. The van der Waals surface area contributed by atoms with Gasteiger partial charge in [-0.25, -0.2) is 13.1 Å². The zero-order valence-electron chi connectivity index (χ0n) is 12.8. The fraction of sp³-hybridized carbons (Fsp3) is 0.714. The van der Waals surface area contributed by atoms with Crippen LogP contribution >= 0.6 is 0 Å². The summed E-state index contributed by atoms with van der Waals surface area (Å²) in [5.74, 6) is 1.67. The first-order valence-corrected chi connectivity index (χ1v) is 8.64. The summed E-state index contributed by atoms with van der Waals surface area (Å²) in [6, 6.07) is 1.60. The second kappa shape index (κ2) is 7.81. The van der Waals surface area contributed by atoms with Crippen LogP contribution in [0.4, 0.5) is 0 Å². The number of aryl methyl sites for hydroxylation is 1. The van der Waals surface area contributed by atoms with Crippen LogP contribution in [0.25, 0.3) is 0 Å². The lowest BCUT2D eigenvalue weighted by Crippen LogP contribution is -2.25. The molecule has 0 radical (unpaired) electrons. The van der Waals surface area contributed by atoms with Gasteiger partial charge in [0.2, 0.25) is 10.0 Å². The topological polar surface area (TPSA) is 71.3 Å². The van der Waals surface area contributed by atoms with Crippen LogP contribution < -0.4 is 10.0 Å². The van der Waals surface area contributed by atoms with Gasteiger partial charge in [0.05, 0.1) is 6.54 Å². The van der Waals surface area contributed by atoms with Gasteiger partial charge in [-0.15, -0.1) is 0 Å². The summed E-state index contributed by atoms with van der Waals surface area (Å²) in [5.41, 5.74) is 0. The molecule has 0 aliphatic rings. The highest BCUT2D eigenvalue weighted by atomic mass is 32.2. The van der Waals surface area contributed by atoms with Crippen LogP contribution in [0.2, 0.25) is 0 Å². The van der Waals surface area contributed by atoms with Crippen LogP contribution in [-0.2, 0) is 16.6 Å². The molecule has 0 saturated heterocycles. The standard InChI is InChI=1S/C14H26N2O3S/c1-5-15-10-13-9-14(12(4)19-13)20(17,18)16-8-6-7-11(2)3/h9,11,15-16H,5-8,10H2,1-4H3. The quantitative estimate of drug-likeness (QED) is 0.687. The molecule has 1 heterocycles. The lowest BCUT2D eigenvalue weighted by Gasteiger charge is -2.06. The highest BCUT2D eigenvalue weighted by Crippen LogP contribution is 2.19. The molecule has 116 valence electrons. The number of hydrogen-bond donors (Lipinski definition) is 2. The maximum atomic E-state index is 12.2. The van der Waals surface area contributed by atoms with Crippen molar-refractivity contribution in [2.75, 3.05) is 13.1 Å². The minimum atomic E-state index is -3.46. The van der Waals surface area contributed by atoms with Crippen LogP contribution in [0.3, 0.4) is 0 Å². The van der Waals surface area contributed by atoms with Gasteiger partial charge in [-0.05, 0) is 32.2 Å². The third kappa shape index (κ3) is 5.26. The zero-order valence-corrected chi connectivity index (χ0v) is 13.6. The van der Waals surface area contributed by atoms with Crippen molar-refractivity contribution in [1.82, 2.24) is 10.0 Å². The summed E-state index contributed by atoms with van der Waals surface area (Å²) in [7, 11) is -3.46. The summed E-state index contributed by atoms with van der Waals surface area (Å²) < 4.78 is 32.5. The van der Waals surface area contributed by atoms with Gasteiger partial charge < -0.3 is 9.73 Å². The van der Waals surface area contributed by atoms with E-state index in [0.717, 1.165) is 19.4 Å². The van der Waals surface area contributed by atoms with Gasteiger partial charge in [0.15, 0.2) is 0 Å². The number of nitrogens with one attached hydrogen (secondary N) is 2. The number of sulfonamides is 1. The van der Waals surface area contributed by atoms with E-state index in [1.807, 2.05) is 6.92 Å². The lowest BCUT2D eigenvalue weighted by atomic mass is 10.1. The van der Waals surface area contributed by atoms with E-state index in [1.165, 1.54) is 0 Å². The number of rotatable bonds is 9. The second-order valence-electron chi connectivity index (χ2n) is 5.35. The molecule has 6 heteroatoms. The second-order valence-corrected chi connectivity index (χ2v) is 7.08. The molecule has 0 amide bonds. The third-order valence-corrected chi connectivity index (χ3v) is 4.58. The van der Waals surface area contributed by atoms with Gasteiger partial charge >= 0.3 is 0 Å². The molecule has 0 bridgehead atoms. The van der Waals surface area contributed by atoms with Gasteiger partial charge in [0.1, 0.15) is 16.4 Å². The molecule has 0 aliphatic heterocycles. The first-order valence-electron chi connectivity index (χ1n) is 7.16. The molecule has 0 unspecified atom stereocenters. The van der Waals surface area contributed by atoms with Crippen molar-refractivity contribution in [2.24, 2.45) is 5.92 Å². The van der Waals surface area contributed by atoms with Crippen molar-refractivity contribution in [3.63, 3.8) is 0 Å². The Kier molecular flexibility index (Phi) is 6.71. The Bertz CT molecular complexity index is 506. The van der Waals surface area contributed by atoms with Crippen LogP contribution in [0.5, 0.6) is 0 Å². The molecule has 0 aromatic carbocycles. The largest absolute Gasteiger partial charge is 0.464 e. The summed E-state index contributed by atoms with van der Waals surface area (Å²) in [5, 5.41) is 3.11. The molecule has 0 fully saturated rings. The predicted octanol–water partition coefficient (Wildman–Crippen LogP) is 2.41. The van der Waals surface area contributed by atoms with Gasteiger partial charge in [-0.3, -0.25) is 0 Å². The number of furan rings is 1. The van der Waals surface area contributed by atoms with Gasteiger partial charge in [-0.1, -0.05) is 20.8 Å². The van der Waals surface area contributed by atoms with E-state index in [-0.39, 0.29) is 4.90 Å². The van der Waals surface area contributed by atoms with Crippen molar-refractivity contribution in [3.8, 4) is 0 Å². The maximum absolute atomic E-state index is 12.2. The smallest absolute Gasteiger partial charge is 0.244 e. The zero-order chi connectivity index (χ0) is 15.2. The molecule has 1 aromatic heterocycles. The first-order chi connectivity index (χ1) is 9.36. The summed E-state index contributed by atoms with van der Waals surface area (Å²) in [6.07, 6.45) is 1.86. The van der Waals surface area contributed by atoms with E-state index in [0.29, 0.717) is 30.5 Å². The van der Waals surface area contributed by atoms with E-state index in [4.69, 9.17) is 4.42 Å². The Labute approximate surface area is 122 Å². The van der Waals surface area contributed by atoms with Gasteiger partial charge in [0.25, 0.3) is 0 Å². The van der Waals surface area contributed by atoms with Crippen LogP contribution in [0.1, 0.15) is 45.1 Å². The molecule has 0 saturated carbocycles. The van der Waals surface area contributed by atoms with Crippen molar-refractivity contribution < 1.29 is 12.8 Å². The van der Waals surface area contributed by atoms with E-state index >= 15 is 0 Å². The molecular weight excluding hydrogens is 276 g/mol. The SMILES string of the molecule is CCNCc1cc(S(=O)(=O)NCCCC(C)C)c(C)o1. The molecule has 2 N–H and O–H groups in total. The van der Waals surface area contributed by atoms with E-state index < -0.39 is 10.0 Å². The lowest BCUT2D eigenvalue weighted by molar-refractivity contribution is 0.460. The predicted molar refractivity (Wildman–Crippen MR) is 80.1 cm³/mol. The monoisotopic (exact) mass is 302 g/mol. The molecule has 1 aromatic rings. The van der Waals surface area contributed by atoms with Crippen molar-refractivity contribution in [3.05, 3.63) is 17.6 Å². The molecule has 20 heavy (non-hydrogen) atoms. The van der Waals surface area contributed by atoms with E-state index in [2.05, 4.69) is 23.9 Å². The summed E-state index contributed by atoms with van der Waals surface area (Å²) in [4.78, 5) is 0.245. The van der Waals surface area contributed by atoms with Crippen molar-refractivity contribution in [1.29, 1.82) is 0 Å². The minimum Gasteiger partial charge on any atom is -0.464 e. The normalized spacial score (nSPS) is 12.2. The van der Waals surface area contributed by atoms with E-state index in [1.54, 1.807) is 13.0 Å². The Morgan fingerprint density at radius 1 is 1.35 bits per heavy atom. The van der Waals surface area contributed by atoms with Crippen LogP contribution in [0.15, 0.2) is 15.4 Å². The molecule has 1 rings (SSSR count). The maximum Gasteiger partial charge on any atom is 0.244 e. The fourth-order valence-corrected chi connectivity index (χ4v) is 3.20. The van der Waals surface area contributed by atoms with Gasteiger partial charge in [0, 0.05) is 12.6 Å². The third-order valence-electron chi connectivity index (χ3n) is 3.01.